The van der Waals surface area contributed by atoms with E-state index in [9.17, 15) is 0 Å². The molecule has 32 heavy (non-hydrogen) atoms. The van der Waals surface area contributed by atoms with Gasteiger partial charge < -0.3 is 15.0 Å². The third-order valence-corrected chi connectivity index (χ3v) is 6.91. The highest BCUT2D eigenvalue weighted by Crippen LogP contribution is 2.47. The van der Waals surface area contributed by atoms with Crippen LogP contribution in [0.3, 0.4) is 0 Å². The summed E-state index contributed by atoms with van der Waals surface area (Å²) in [6, 6.07) is 2.03. The lowest BCUT2D eigenvalue weighted by atomic mass is 9.89. The third kappa shape index (κ3) is 2.84. The summed E-state index contributed by atoms with van der Waals surface area (Å²) in [5, 5.41) is 4.63. The summed E-state index contributed by atoms with van der Waals surface area (Å²) in [7, 11) is 0. The third-order valence-electron chi connectivity index (χ3n) is 6.91. The van der Waals surface area contributed by atoms with Crippen molar-refractivity contribution in [3.8, 4) is 17.3 Å². The highest BCUT2D eigenvalue weighted by molar-refractivity contribution is 5.94. The molecule has 1 saturated carbocycles. The largest absolute Gasteiger partial charge is 0.469 e. The predicted molar refractivity (Wildman–Crippen MR) is 123 cm³/mol. The van der Waals surface area contributed by atoms with Crippen LogP contribution in [-0.2, 0) is 0 Å². The Balaban J connectivity index is 1.44. The molecule has 3 aromatic heterocycles. The minimum Gasteiger partial charge on any atom is -0.469 e. The Hall–Kier alpha value is -3.32. The number of aromatic nitrogens is 4. The number of piperazine rings is 1. The van der Waals surface area contributed by atoms with Crippen LogP contribution in [0.2, 0.25) is 0 Å². The summed E-state index contributed by atoms with van der Waals surface area (Å²) in [6.07, 6.45) is 16.5. The van der Waals surface area contributed by atoms with Gasteiger partial charge in [-0.2, -0.15) is 0 Å². The summed E-state index contributed by atoms with van der Waals surface area (Å²) < 4.78 is 6.13. The smallest absolute Gasteiger partial charge is 0.218 e. The molecule has 7 nitrogen and oxygen atoms in total. The van der Waals surface area contributed by atoms with Crippen molar-refractivity contribution in [2.75, 3.05) is 31.1 Å². The van der Waals surface area contributed by atoms with Gasteiger partial charge in [-0.15, -0.1) is 0 Å². The van der Waals surface area contributed by atoms with Crippen LogP contribution < -0.4 is 15.0 Å². The second kappa shape index (κ2) is 7.10. The van der Waals surface area contributed by atoms with Gasteiger partial charge in [0.15, 0.2) is 5.82 Å². The van der Waals surface area contributed by atoms with Gasteiger partial charge in [0.25, 0.3) is 0 Å². The summed E-state index contributed by atoms with van der Waals surface area (Å²) in [4.78, 5) is 21.7. The first-order chi connectivity index (χ1) is 15.9. The monoisotopic (exact) mass is 424 g/mol. The molecule has 4 aliphatic rings. The van der Waals surface area contributed by atoms with Crippen molar-refractivity contribution in [1.82, 2.24) is 25.3 Å². The zero-order valence-corrected chi connectivity index (χ0v) is 17.7. The minimum atomic E-state index is -0.0140. The van der Waals surface area contributed by atoms with Gasteiger partial charge in [-0.1, -0.05) is 18.2 Å². The quantitative estimate of drug-likeness (QED) is 0.691. The van der Waals surface area contributed by atoms with E-state index in [-0.39, 0.29) is 12.0 Å². The Morgan fingerprint density at radius 1 is 1.03 bits per heavy atom. The highest BCUT2D eigenvalue weighted by atomic mass is 16.5. The second-order valence-electron chi connectivity index (χ2n) is 8.96. The lowest BCUT2D eigenvalue weighted by Crippen LogP contribution is -2.44. The maximum atomic E-state index is 6.13. The van der Waals surface area contributed by atoms with E-state index in [0.717, 1.165) is 54.5 Å². The number of anilines is 1. The van der Waals surface area contributed by atoms with E-state index in [1.807, 2.05) is 24.5 Å². The van der Waals surface area contributed by atoms with Gasteiger partial charge in [0, 0.05) is 61.0 Å². The van der Waals surface area contributed by atoms with E-state index >= 15 is 0 Å². The lowest BCUT2D eigenvalue weighted by molar-refractivity contribution is 0.260. The van der Waals surface area contributed by atoms with E-state index in [1.165, 1.54) is 23.8 Å². The van der Waals surface area contributed by atoms with Crippen molar-refractivity contribution in [2.24, 2.45) is 0 Å². The van der Waals surface area contributed by atoms with E-state index < -0.39 is 0 Å². The fraction of sp³-hybridized carbons (Fsp3) is 0.360. The van der Waals surface area contributed by atoms with E-state index in [1.54, 1.807) is 6.20 Å². The van der Waals surface area contributed by atoms with Gasteiger partial charge in [-0.05, 0) is 36.5 Å². The summed E-state index contributed by atoms with van der Waals surface area (Å²) >= 11 is 0. The number of nitrogens with one attached hydrogen (secondary N) is 1. The molecule has 2 aliphatic heterocycles. The minimum absolute atomic E-state index is 0.0140. The summed E-state index contributed by atoms with van der Waals surface area (Å²) in [5.74, 6) is 3.17. The van der Waals surface area contributed by atoms with Gasteiger partial charge in [-0.25, -0.2) is 15.0 Å². The first-order valence-corrected chi connectivity index (χ1v) is 11.5. The van der Waals surface area contributed by atoms with Crippen LogP contribution in [0, 0.1) is 0 Å². The van der Waals surface area contributed by atoms with Crippen molar-refractivity contribution < 1.29 is 4.74 Å². The fourth-order valence-electron chi connectivity index (χ4n) is 5.17. The maximum Gasteiger partial charge on any atom is 0.218 e. The number of hydrogen-bond donors (Lipinski definition) is 1. The molecule has 0 spiro atoms. The summed E-state index contributed by atoms with van der Waals surface area (Å²) in [5.41, 5.74) is 4.30. The van der Waals surface area contributed by atoms with Crippen LogP contribution in [0.4, 0.5) is 5.82 Å². The molecule has 2 fully saturated rings. The van der Waals surface area contributed by atoms with Crippen LogP contribution in [0.15, 0.2) is 49.0 Å². The average Bonchev–Trinajstić information content (AvgIpc) is 3.63. The lowest BCUT2D eigenvalue weighted by Gasteiger charge is -2.30. The molecule has 1 N–H and O–H groups in total. The Morgan fingerprint density at radius 3 is 2.78 bits per heavy atom. The van der Waals surface area contributed by atoms with Crippen LogP contribution in [-0.4, -0.2) is 52.2 Å². The molecular formula is C25H24N6O. The van der Waals surface area contributed by atoms with Gasteiger partial charge in [0.1, 0.15) is 11.9 Å². The van der Waals surface area contributed by atoms with Crippen LogP contribution >= 0.6 is 0 Å². The molecule has 0 amide bonds. The first-order valence-electron chi connectivity index (χ1n) is 11.5. The average molecular weight is 425 g/mol. The SMILES string of the molecule is C1=CC2Oc3nccc(-c4nc(N5CCNCC5)c5c(C6CC6)cncc5n4)c3C2C=C1. The topological polar surface area (TPSA) is 76.1 Å². The van der Waals surface area contributed by atoms with Gasteiger partial charge >= 0.3 is 0 Å². The van der Waals surface area contributed by atoms with Crippen molar-refractivity contribution in [1.29, 1.82) is 0 Å². The molecule has 2 aliphatic carbocycles. The molecule has 5 heterocycles. The number of rotatable bonds is 3. The molecule has 1 saturated heterocycles. The maximum absolute atomic E-state index is 6.13. The number of ether oxygens (including phenoxy) is 1. The van der Waals surface area contributed by atoms with Crippen molar-refractivity contribution >= 4 is 16.7 Å². The molecule has 7 heteroatoms. The number of hydrogen-bond acceptors (Lipinski definition) is 7. The Labute approximate surface area is 186 Å². The molecule has 0 radical (unpaired) electrons. The molecule has 0 bridgehead atoms. The normalized spacial score (nSPS) is 23.8. The fourth-order valence-corrected chi connectivity index (χ4v) is 5.17. The molecule has 0 aromatic carbocycles. The van der Waals surface area contributed by atoms with Gasteiger partial charge in [-0.3, -0.25) is 4.98 Å². The molecular weight excluding hydrogens is 400 g/mol. The van der Waals surface area contributed by atoms with Crippen LogP contribution in [0.1, 0.15) is 35.8 Å². The molecule has 7 rings (SSSR count). The first kappa shape index (κ1) is 18.3. The summed E-state index contributed by atoms with van der Waals surface area (Å²) in [6.45, 7) is 3.80. The molecule has 2 unspecified atom stereocenters. The molecule has 3 aromatic rings. The number of allylic oxidation sites excluding steroid dienone is 2. The zero-order chi connectivity index (χ0) is 21.1. The molecule has 160 valence electrons. The Bertz CT molecular complexity index is 1270. The second-order valence-corrected chi connectivity index (χ2v) is 8.96. The van der Waals surface area contributed by atoms with Crippen LogP contribution in [0.5, 0.6) is 5.88 Å². The standard InChI is InChI=1S/C25H24N6O/c1-2-4-20-16(3-1)21-17(7-8-28-25(21)32-20)23-29-19-14-27-13-18(15-5-6-15)22(19)24(30-23)31-11-9-26-10-12-31/h1-4,7-8,13-16,20,26H,5-6,9-12H2. The number of pyridine rings is 2. The van der Waals surface area contributed by atoms with Gasteiger partial charge in [0.2, 0.25) is 5.88 Å². The number of nitrogens with zero attached hydrogens (tertiary/aromatic N) is 5. The van der Waals surface area contributed by atoms with Gasteiger partial charge in [0.05, 0.1) is 11.7 Å². The zero-order valence-electron chi connectivity index (χ0n) is 17.7. The van der Waals surface area contributed by atoms with Crippen molar-refractivity contribution in [3.63, 3.8) is 0 Å². The Kier molecular flexibility index (Phi) is 4.05. The van der Waals surface area contributed by atoms with E-state index in [2.05, 4.69) is 38.4 Å². The molecule has 2 atom stereocenters. The predicted octanol–water partition coefficient (Wildman–Crippen LogP) is 3.34. The Morgan fingerprint density at radius 2 is 1.91 bits per heavy atom. The van der Waals surface area contributed by atoms with Crippen molar-refractivity contribution in [2.45, 2.75) is 30.8 Å². The number of fused-ring (bicyclic) bond motifs is 4. The van der Waals surface area contributed by atoms with E-state index in [4.69, 9.17) is 14.7 Å². The van der Waals surface area contributed by atoms with Crippen molar-refractivity contribution in [3.05, 3.63) is 60.1 Å². The van der Waals surface area contributed by atoms with Crippen LogP contribution in [0.25, 0.3) is 22.3 Å². The highest BCUT2D eigenvalue weighted by Gasteiger charge is 2.36. The van der Waals surface area contributed by atoms with E-state index in [0.29, 0.717) is 11.8 Å².